The van der Waals surface area contributed by atoms with E-state index in [1.165, 1.54) is 12.3 Å². The lowest BCUT2D eigenvalue weighted by Gasteiger charge is -2.12. The first kappa shape index (κ1) is 20.3. The van der Waals surface area contributed by atoms with E-state index in [1.54, 1.807) is 43.5 Å². The summed E-state index contributed by atoms with van der Waals surface area (Å²) in [6.45, 7) is 1.36. The van der Waals surface area contributed by atoms with Gasteiger partial charge >= 0.3 is 0 Å². The van der Waals surface area contributed by atoms with E-state index in [9.17, 15) is 9.59 Å². The van der Waals surface area contributed by atoms with Gasteiger partial charge in [0.05, 0.1) is 13.4 Å². The van der Waals surface area contributed by atoms with Crippen LogP contribution in [0.1, 0.15) is 22.5 Å². The van der Waals surface area contributed by atoms with Gasteiger partial charge in [0.1, 0.15) is 17.2 Å². The summed E-state index contributed by atoms with van der Waals surface area (Å²) < 4.78 is 10.3. The first-order chi connectivity index (χ1) is 13.0. The molecule has 0 unspecified atom stereocenters. The van der Waals surface area contributed by atoms with Gasteiger partial charge in [0.2, 0.25) is 0 Å². The molecular weight excluding hydrogens is 346 g/mol. The number of hydrogen-bond acceptors (Lipinski definition) is 5. The number of ether oxygens (including phenoxy) is 1. The fourth-order valence-corrected chi connectivity index (χ4v) is 2.30. The van der Waals surface area contributed by atoms with Crippen LogP contribution in [0.25, 0.3) is 6.08 Å². The Morgan fingerprint density at radius 3 is 2.52 bits per heavy atom. The highest BCUT2D eigenvalue weighted by atomic mass is 16.5. The van der Waals surface area contributed by atoms with Crippen molar-refractivity contribution in [2.45, 2.75) is 6.42 Å². The Balaban J connectivity index is 2.07. The average molecular weight is 371 g/mol. The molecule has 0 aliphatic heterocycles. The molecule has 7 heteroatoms. The predicted octanol–water partition coefficient (Wildman–Crippen LogP) is 2.13. The van der Waals surface area contributed by atoms with Gasteiger partial charge in [-0.05, 0) is 63.5 Å². The van der Waals surface area contributed by atoms with E-state index in [0.29, 0.717) is 23.6 Å². The summed E-state index contributed by atoms with van der Waals surface area (Å²) in [5, 5.41) is 5.47. The molecule has 0 saturated heterocycles. The first-order valence-corrected chi connectivity index (χ1v) is 8.63. The Morgan fingerprint density at radius 1 is 1.19 bits per heavy atom. The lowest BCUT2D eigenvalue weighted by Crippen LogP contribution is -2.36. The van der Waals surface area contributed by atoms with Gasteiger partial charge in [-0.3, -0.25) is 9.59 Å². The number of carbonyl (C=O) groups is 2. The minimum Gasteiger partial charge on any atom is -0.497 e. The number of benzene rings is 1. The van der Waals surface area contributed by atoms with Crippen molar-refractivity contribution in [1.29, 1.82) is 0 Å². The third kappa shape index (κ3) is 6.63. The van der Waals surface area contributed by atoms with Gasteiger partial charge in [-0.25, -0.2) is 0 Å². The molecule has 0 aliphatic rings. The number of methoxy groups -OCH3 is 1. The van der Waals surface area contributed by atoms with Crippen molar-refractivity contribution in [2.75, 3.05) is 34.3 Å². The van der Waals surface area contributed by atoms with E-state index in [2.05, 4.69) is 10.6 Å². The second-order valence-corrected chi connectivity index (χ2v) is 6.17. The number of nitrogens with one attached hydrogen (secondary N) is 2. The number of furan rings is 1. The van der Waals surface area contributed by atoms with E-state index in [-0.39, 0.29) is 17.5 Å². The van der Waals surface area contributed by atoms with Crippen LogP contribution in [0.5, 0.6) is 5.75 Å². The fourth-order valence-electron chi connectivity index (χ4n) is 2.30. The van der Waals surface area contributed by atoms with Crippen LogP contribution in [-0.2, 0) is 4.79 Å². The van der Waals surface area contributed by atoms with Crippen molar-refractivity contribution in [3.63, 3.8) is 0 Å². The Labute approximate surface area is 159 Å². The maximum absolute atomic E-state index is 12.5. The van der Waals surface area contributed by atoms with Crippen molar-refractivity contribution < 1.29 is 18.7 Å². The summed E-state index contributed by atoms with van der Waals surface area (Å²) in [7, 11) is 5.50. The van der Waals surface area contributed by atoms with Gasteiger partial charge in [0.25, 0.3) is 11.8 Å². The molecule has 0 bridgehead atoms. The smallest absolute Gasteiger partial charge is 0.267 e. The maximum atomic E-state index is 12.5. The molecule has 144 valence electrons. The van der Waals surface area contributed by atoms with E-state index in [4.69, 9.17) is 9.15 Å². The van der Waals surface area contributed by atoms with Gasteiger partial charge in [-0.15, -0.1) is 0 Å². The molecule has 2 N–H and O–H groups in total. The highest BCUT2D eigenvalue weighted by Crippen LogP contribution is 2.12. The van der Waals surface area contributed by atoms with Gasteiger partial charge in [0, 0.05) is 18.2 Å². The first-order valence-electron chi connectivity index (χ1n) is 8.63. The van der Waals surface area contributed by atoms with Crippen molar-refractivity contribution >= 4 is 17.9 Å². The van der Waals surface area contributed by atoms with E-state index < -0.39 is 0 Å². The molecule has 1 aromatic carbocycles. The molecule has 1 aromatic heterocycles. The van der Waals surface area contributed by atoms with Gasteiger partial charge in [-0.1, -0.05) is 0 Å². The summed E-state index contributed by atoms with van der Waals surface area (Å²) in [4.78, 5) is 27.0. The Morgan fingerprint density at radius 2 is 1.93 bits per heavy atom. The molecule has 0 fully saturated rings. The molecule has 2 rings (SSSR count). The van der Waals surface area contributed by atoms with Crippen molar-refractivity contribution in [2.24, 2.45) is 0 Å². The van der Waals surface area contributed by atoms with Crippen LogP contribution < -0.4 is 15.4 Å². The second-order valence-electron chi connectivity index (χ2n) is 6.17. The van der Waals surface area contributed by atoms with Crippen molar-refractivity contribution in [1.82, 2.24) is 15.5 Å². The standard InChI is InChI=1S/C20H25N3O4/c1-23(2)12-5-11-21-20(25)18(14-17-6-4-13-27-17)22-19(24)15-7-9-16(26-3)10-8-15/h4,6-10,13-14H,5,11-12H2,1-3H3,(H,21,25)(H,22,24). The minimum atomic E-state index is -0.390. The van der Waals surface area contributed by atoms with E-state index in [1.807, 2.05) is 19.0 Å². The number of amides is 2. The summed E-state index contributed by atoms with van der Waals surface area (Å²) in [6.07, 6.45) is 3.81. The maximum Gasteiger partial charge on any atom is 0.267 e. The zero-order valence-electron chi connectivity index (χ0n) is 15.8. The molecule has 2 amide bonds. The van der Waals surface area contributed by atoms with Crippen LogP contribution >= 0.6 is 0 Å². The van der Waals surface area contributed by atoms with Gasteiger partial charge in [-0.2, -0.15) is 0 Å². The molecule has 0 spiro atoms. The lowest BCUT2D eigenvalue weighted by atomic mass is 10.2. The van der Waals surface area contributed by atoms with Crippen LogP contribution in [0, 0.1) is 0 Å². The number of rotatable bonds is 9. The molecular formula is C20H25N3O4. The fraction of sp³-hybridized carbons (Fsp3) is 0.300. The van der Waals surface area contributed by atoms with Crippen molar-refractivity contribution in [3.8, 4) is 5.75 Å². The topological polar surface area (TPSA) is 83.8 Å². The van der Waals surface area contributed by atoms with Gasteiger partial charge in [0.15, 0.2) is 0 Å². The second kappa shape index (κ2) is 10.2. The molecule has 0 radical (unpaired) electrons. The number of carbonyl (C=O) groups excluding carboxylic acids is 2. The summed E-state index contributed by atoms with van der Waals surface area (Å²) in [5.41, 5.74) is 0.539. The van der Waals surface area contributed by atoms with Crippen LogP contribution in [-0.4, -0.2) is 51.0 Å². The predicted molar refractivity (Wildman–Crippen MR) is 103 cm³/mol. The molecule has 27 heavy (non-hydrogen) atoms. The normalized spacial score (nSPS) is 11.3. The third-order valence-corrected chi connectivity index (χ3v) is 3.74. The zero-order valence-corrected chi connectivity index (χ0v) is 15.8. The van der Waals surface area contributed by atoms with Gasteiger partial charge < -0.3 is 24.7 Å². The number of nitrogens with zero attached hydrogens (tertiary/aromatic N) is 1. The quantitative estimate of drug-likeness (QED) is 0.521. The molecule has 7 nitrogen and oxygen atoms in total. The monoisotopic (exact) mass is 371 g/mol. The van der Waals surface area contributed by atoms with Crippen LogP contribution in [0.3, 0.4) is 0 Å². The molecule has 0 saturated carbocycles. The minimum absolute atomic E-state index is 0.121. The van der Waals surface area contributed by atoms with Crippen LogP contribution in [0.2, 0.25) is 0 Å². The Kier molecular flexibility index (Phi) is 7.63. The third-order valence-electron chi connectivity index (χ3n) is 3.74. The summed E-state index contributed by atoms with van der Waals surface area (Å²) in [6, 6.07) is 10.1. The Hall–Kier alpha value is -3.06. The average Bonchev–Trinajstić information content (AvgIpc) is 3.17. The molecule has 0 aliphatic carbocycles. The summed E-state index contributed by atoms with van der Waals surface area (Å²) >= 11 is 0. The summed E-state index contributed by atoms with van der Waals surface area (Å²) in [5.74, 6) is 0.367. The largest absolute Gasteiger partial charge is 0.497 e. The molecule has 0 atom stereocenters. The highest BCUT2D eigenvalue weighted by Gasteiger charge is 2.15. The Bertz CT molecular complexity index is 765. The number of hydrogen-bond donors (Lipinski definition) is 2. The van der Waals surface area contributed by atoms with Crippen LogP contribution in [0.15, 0.2) is 52.8 Å². The molecule has 2 aromatic rings. The highest BCUT2D eigenvalue weighted by molar-refractivity contribution is 6.05. The lowest BCUT2D eigenvalue weighted by molar-refractivity contribution is -0.117. The molecule has 1 heterocycles. The SMILES string of the molecule is COc1ccc(C(=O)NC(=Cc2ccco2)C(=O)NCCCN(C)C)cc1. The van der Waals surface area contributed by atoms with Crippen LogP contribution in [0.4, 0.5) is 0 Å². The van der Waals surface area contributed by atoms with E-state index >= 15 is 0 Å². The van der Waals surface area contributed by atoms with Crippen molar-refractivity contribution in [3.05, 3.63) is 59.7 Å². The zero-order chi connectivity index (χ0) is 19.6. The van der Waals surface area contributed by atoms with E-state index in [0.717, 1.165) is 13.0 Å².